The number of hydrogen-bond acceptors (Lipinski definition) is 2. The summed E-state index contributed by atoms with van der Waals surface area (Å²) in [6.45, 7) is 6.14. The minimum absolute atomic E-state index is 0.0321. The molecule has 21 heavy (non-hydrogen) atoms. The van der Waals surface area contributed by atoms with Crippen LogP contribution >= 0.6 is 0 Å². The Bertz CT molecular complexity index is 828. The highest BCUT2D eigenvalue weighted by molar-refractivity contribution is 5.61. The summed E-state index contributed by atoms with van der Waals surface area (Å²) in [7, 11) is 0. The second-order valence-electron chi connectivity index (χ2n) is 5.52. The molecule has 2 heterocycles. The Morgan fingerprint density at radius 1 is 1.24 bits per heavy atom. The Kier molecular flexibility index (Phi) is 3.37. The fourth-order valence-electron chi connectivity index (χ4n) is 2.65. The number of aromatic amines is 1. The van der Waals surface area contributed by atoms with Crippen LogP contribution in [-0.4, -0.2) is 14.4 Å². The Morgan fingerprint density at radius 2 is 1.95 bits per heavy atom. The molecule has 0 amide bonds. The van der Waals surface area contributed by atoms with Gasteiger partial charge in [-0.15, -0.1) is 0 Å². The number of nitrogens with zero attached hydrogens (tertiary/aromatic N) is 2. The Morgan fingerprint density at radius 3 is 2.57 bits per heavy atom. The largest absolute Gasteiger partial charge is 0.323 e. The molecule has 0 atom stereocenters. The summed E-state index contributed by atoms with van der Waals surface area (Å²) >= 11 is 0. The van der Waals surface area contributed by atoms with E-state index in [1.165, 1.54) is 0 Å². The third kappa shape index (κ3) is 2.27. The average Bonchev–Trinajstić information content (AvgIpc) is 2.92. The number of nitrogens with one attached hydrogen (secondary N) is 1. The molecular formula is C17H19N3O. The van der Waals surface area contributed by atoms with Gasteiger partial charge in [0.25, 0.3) is 5.56 Å². The van der Waals surface area contributed by atoms with Crippen molar-refractivity contribution >= 4 is 5.78 Å². The van der Waals surface area contributed by atoms with Gasteiger partial charge in [-0.3, -0.25) is 9.20 Å². The van der Waals surface area contributed by atoms with Gasteiger partial charge >= 0.3 is 0 Å². The first-order chi connectivity index (χ1) is 10.1. The van der Waals surface area contributed by atoms with E-state index in [2.05, 4.69) is 23.8 Å². The molecule has 0 aliphatic heterocycles. The topological polar surface area (TPSA) is 50.2 Å². The summed E-state index contributed by atoms with van der Waals surface area (Å²) in [6, 6.07) is 9.96. The predicted octanol–water partition coefficient (Wildman–Crippen LogP) is 3.38. The van der Waals surface area contributed by atoms with Crippen molar-refractivity contribution in [3.63, 3.8) is 0 Å². The molecule has 0 radical (unpaired) electrons. The van der Waals surface area contributed by atoms with E-state index in [0.717, 1.165) is 22.5 Å². The Labute approximate surface area is 123 Å². The monoisotopic (exact) mass is 281 g/mol. The van der Waals surface area contributed by atoms with Crippen LogP contribution in [0.25, 0.3) is 17.0 Å². The van der Waals surface area contributed by atoms with Crippen molar-refractivity contribution in [2.24, 2.45) is 0 Å². The van der Waals surface area contributed by atoms with Crippen LogP contribution in [0.15, 0.2) is 41.3 Å². The third-order valence-corrected chi connectivity index (χ3v) is 3.73. The molecule has 1 N–H and O–H groups in total. The van der Waals surface area contributed by atoms with Gasteiger partial charge in [-0.05, 0) is 17.9 Å². The molecule has 0 bridgehead atoms. The van der Waals surface area contributed by atoms with Crippen LogP contribution in [0.3, 0.4) is 0 Å². The van der Waals surface area contributed by atoms with E-state index >= 15 is 0 Å². The summed E-state index contributed by atoms with van der Waals surface area (Å²) in [5, 5.41) is 0. The van der Waals surface area contributed by atoms with E-state index in [0.29, 0.717) is 12.2 Å². The Balaban J connectivity index is 2.27. The van der Waals surface area contributed by atoms with Crippen LogP contribution < -0.4 is 5.56 Å². The van der Waals surface area contributed by atoms with E-state index in [1.807, 2.05) is 43.5 Å². The van der Waals surface area contributed by atoms with Crippen LogP contribution in [0, 0.1) is 0 Å². The SMILES string of the molecule is CCc1c(C(C)C)nc2[nH]c(-c3ccccc3)cn2c1=O. The molecular weight excluding hydrogens is 262 g/mol. The number of fused-ring (bicyclic) bond motifs is 1. The molecule has 0 saturated carbocycles. The average molecular weight is 281 g/mol. The zero-order chi connectivity index (χ0) is 15.0. The van der Waals surface area contributed by atoms with Crippen LogP contribution in [-0.2, 0) is 6.42 Å². The lowest BCUT2D eigenvalue weighted by Crippen LogP contribution is -2.21. The molecule has 0 aliphatic carbocycles. The van der Waals surface area contributed by atoms with Gasteiger partial charge in [-0.2, -0.15) is 0 Å². The lowest BCUT2D eigenvalue weighted by Gasteiger charge is -2.09. The molecule has 0 aliphatic rings. The fraction of sp³-hybridized carbons (Fsp3) is 0.294. The van der Waals surface area contributed by atoms with E-state index < -0.39 is 0 Å². The van der Waals surface area contributed by atoms with Crippen molar-refractivity contribution in [1.29, 1.82) is 0 Å². The third-order valence-electron chi connectivity index (χ3n) is 3.73. The predicted molar refractivity (Wildman–Crippen MR) is 84.7 cm³/mol. The van der Waals surface area contributed by atoms with Gasteiger partial charge in [-0.25, -0.2) is 4.98 Å². The van der Waals surface area contributed by atoms with E-state index in [1.54, 1.807) is 4.40 Å². The summed E-state index contributed by atoms with van der Waals surface area (Å²) in [5.74, 6) is 0.848. The quantitative estimate of drug-likeness (QED) is 0.800. The molecule has 0 saturated heterocycles. The number of rotatable bonds is 3. The van der Waals surface area contributed by atoms with Crippen molar-refractivity contribution in [2.75, 3.05) is 0 Å². The van der Waals surface area contributed by atoms with Gasteiger partial charge in [0.05, 0.1) is 11.4 Å². The summed E-state index contributed by atoms with van der Waals surface area (Å²) in [4.78, 5) is 20.5. The highest BCUT2D eigenvalue weighted by atomic mass is 16.1. The standard InChI is InChI=1S/C17H19N3O/c1-4-13-15(11(2)3)19-17-18-14(10-20(17)16(13)21)12-8-6-5-7-9-12/h5-11H,4H2,1-3H3,(H,18,19). The zero-order valence-corrected chi connectivity index (χ0v) is 12.6. The first kappa shape index (κ1) is 13.6. The van der Waals surface area contributed by atoms with Crippen molar-refractivity contribution in [3.05, 3.63) is 58.1 Å². The van der Waals surface area contributed by atoms with E-state index in [-0.39, 0.29) is 11.5 Å². The van der Waals surface area contributed by atoms with Crippen LogP contribution in [0.5, 0.6) is 0 Å². The minimum atomic E-state index is 0.0321. The summed E-state index contributed by atoms with van der Waals surface area (Å²) < 4.78 is 1.62. The van der Waals surface area contributed by atoms with Gasteiger partial charge in [0.1, 0.15) is 0 Å². The molecule has 0 fully saturated rings. The highest BCUT2D eigenvalue weighted by Crippen LogP contribution is 2.20. The normalized spacial score (nSPS) is 11.4. The van der Waals surface area contributed by atoms with Crippen molar-refractivity contribution in [1.82, 2.24) is 14.4 Å². The lowest BCUT2D eigenvalue weighted by atomic mass is 10.0. The first-order valence-electron chi connectivity index (χ1n) is 7.31. The van der Waals surface area contributed by atoms with Crippen molar-refractivity contribution < 1.29 is 0 Å². The maximum absolute atomic E-state index is 12.6. The smallest absolute Gasteiger partial charge is 0.262 e. The minimum Gasteiger partial charge on any atom is -0.323 e. The maximum Gasteiger partial charge on any atom is 0.262 e. The van der Waals surface area contributed by atoms with Crippen LogP contribution in [0.1, 0.15) is 37.9 Å². The molecule has 0 spiro atoms. The molecule has 4 heteroatoms. The van der Waals surface area contributed by atoms with Gasteiger partial charge < -0.3 is 4.98 Å². The molecule has 3 aromatic rings. The molecule has 4 nitrogen and oxygen atoms in total. The Hall–Kier alpha value is -2.36. The van der Waals surface area contributed by atoms with Crippen LogP contribution in [0.4, 0.5) is 0 Å². The molecule has 0 unspecified atom stereocenters. The highest BCUT2D eigenvalue weighted by Gasteiger charge is 2.15. The second-order valence-corrected chi connectivity index (χ2v) is 5.52. The summed E-state index contributed by atoms with van der Waals surface area (Å²) in [5.41, 5.74) is 3.68. The molecule has 108 valence electrons. The second kappa shape index (κ2) is 5.20. The number of hydrogen-bond donors (Lipinski definition) is 1. The first-order valence-corrected chi connectivity index (χ1v) is 7.31. The van der Waals surface area contributed by atoms with Crippen molar-refractivity contribution in [3.8, 4) is 11.3 Å². The van der Waals surface area contributed by atoms with Gasteiger partial charge in [-0.1, -0.05) is 51.1 Å². The zero-order valence-electron chi connectivity index (χ0n) is 12.6. The number of H-pyrrole nitrogens is 1. The van der Waals surface area contributed by atoms with Crippen LogP contribution in [0.2, 0.25) is 0 Å². The number of aromatic nitrogens is 3. The number of imidazole rings is 1. The lowest BCUT2D eigenvalue weighted by molar-refractivity contribution is 0.781. The summed E-state index contributed by atoms with van der Waals surface area (Å²) in [6.07, 6.45) is 2.54. The molecule has 3 rings (SSSR count). The molecule has 1 aromatic carbocycles. The molecule has 2 aromatic heterocycles. The van der Waals surface area contributed by atoms with Gasteiger partial charge in [0, 0.05) is 11.8 Å². The van der Waals surface area contributed by atoms with Crippen molar-refractivity contribution in [2.45, 2.75) is 33.1 Å². The fourth-order valence-corrected chi connectivity index (χ4v) is 2.65. The van der Waals surface area contributed by atoms with Gasteiger partial charge in [0.2, 0.25) is 5.78 Å². The van der Waals surface area contributed by atoms with E-state index in [4.69, 9.17) is 0 Å². The van der Waals surface area contributed by atoms with Gasteiger partial charge in [0.15, 0.2) is 0 Å². The van der Waals surface area contributed by atoms with E-state index in [9.17, 15) is 4.79 Å². The number of benzene rings is 1. The maximum atomic E-state index is 12.6.